The van der Waals surface area contributed by atoms with Crippen LogP contribution in [-0.2, 0) is 0 Å². The zero-order valence-corrected chi connectivity index (χ0v) is 11.6. The predicted molar refractivity (Wildman–Crippen MR) is 73.1 cm³/mol. The maximum atomic E-state index is 6.36. The Morgan fingerprint density at radius 2 is 2.35 bits per heavy atom. The number of hydrogen-bond acceptors (Lipinski definition) is 4. The number of nitrogens with two attached hydrogens (primary N) is 1. The highest BCUT2D eigenvalue weighted by atomic mass is 32.1. The van der Waals surface area contributed by atoms with E-state index in [0.717, 1.165) is 19.5 Å². The molecule has 0 spiro atoms. The van der Waals surface area contributed by atoms with E-state index in [1.54, 1.807) is 11.3 Å². The molecule has 96 valence electrons. The lowest BCUT2D eigenvalue weighted by Gasteiger charge is -2.33. The van der Waals surface area contributed by atoms with Gasteiger partial charge in [0.2, 0.25) is 0 Å². The molecule has 1 aliphatic heterocycles. The summed E-state index contributed by atoms with van der Waals surface area (Å²) in [6.07, 6.45) is 3.63. The van der Waals surface area contributed by atoms with E-state index < -0.39 is 0 Å². The van der Waals surface area contributed by atoms with Gasteiger partial charge < -0.3 is 5.73 Å². The standard InChI is InChI=1S/C13H23N3S/c1-10(2)7-16-6-4-3-5-11(14)13(16)12-8-17-9-15-12/h8-11,13H,3-7,14H2,1-2H3. The fourth-order valence-corrected chi connectivity index (χ4v) is 3.29. The molecule has 4 heteroatoms. The lowest BCUT2D eigenvalue weighted by atomic mass is 10.0. The Morgan fingerprint density at radius 3 is 3.00 bits per heavy atom. The molecule has 1 aromatic rings. The van der Waals surface area contributed by atoms with Gasteiger partial charge in [-0.1, -0.05) is 20.3 Å². The van der Waals surface area contributed by atoms with Gasteiger partial charge in [-0.25, -0.2) is 4.98 Å². The highest BCUT2D eigenvalue weighted by molar-refractivity contribution is 7.07. The Kier molecular flexibility index (Phi) is 4.54. The van der Waals surface area contributed by atoms with Crippen molar-refractivity contribution in [3.8, 4) is 0 Å². The third-order valence-corrected chi connectivity index (χ3v) is 3.99. The van der Waals surface area contributed by atoms with Gasteiger partial charge in [-0.05, 0) is 25.3 Å². The average Bonchev–Trinajstić information content (AvgIpc) is 2.71. The molecule has 0 radical (unpaired) electrons. The summed E-state index contributed by atoms with van der Waals surface area (Å²) in [6.45, 7) is 6.83. The minimum atomic E-state index is 0.235. The van der Waals surface area contributed by atoms with Crippen LogP contribution in [0.3, 0.4) is 0 Å². The molecule has 1 saturated heterocycles. The Morgan fingerprint density at radius 1 is 1.53 bits per heavy atom. The van der Waals surface area contributed by atoms with E-state index in [4.69, 9.17) is 5.73 Å². The Hall–Kier alpha value is -0.450. The summed E-state index contributed by atoms with van der Waals surface area (Å²) in [4.78, 5) is 7.03. The third kappa shape index (κ3) is 3.27. The van der Waals surface area contributed by atoms with E-state index in [9.17, 15) is 0 Å². The normalized spacial score (nSPS) is 27.3. The largest absolute Gasteiger partial charge is 0.326 e. The fourth-order valence-electron chi connectivity index (χ4n) is 2.71. The maximum absolute atomic E-state index is 6.36. The summed E-state index contributed by atoms with van der Waals surface area (Å²) in [5.74, 6) is 0.682. The minimum absolute atomic E-state index is 0.235. The summed E-state index contributed by atoms with van der Waals surface area (Å²) in [5.41, 5.74) is 9.45. The molecule has 1 aromatic heterocycles. The third-order valence-electron chi connectivity index (χ3n) is 3.39. The number of likely N-dealkylation sites (tertiary alicyclic amines) is 1. The number of thiazole rings is 1. The molecule has 0 saturated carbocycles. The van der Waals surface area contributed by atoms with E-state index in [1.807, 2.05) is 5.51 Å². The molecule has 2 unspecified atom stereocenters. The molecule has 0 aliphatic carbocycles. The zero-order valence-electron chi connectivity index (χ0n) is 10.8. The topological polar surface area (TPSA) is 42.1 Å². The molecule has 1 aliphatic rings. The number of aromatic nitrogens is 1. The first kappa shape index (κ1) is 13.0. The van der Waals surface area contributed by atoms with Crippen molar-refractivity contribution in [3.05, 3.63) is 16.6 Å². The van der Waals surface area contributed by atoms with Crippen molar-refractivity contribution >= 4 is 11.3 Å². The van der Waals surface area contributed by atoms with Crippen LogP contribution < -0.4 is 5.73 Å². The molecule has 0 bridgehead atoms. The van der Waals surface area contributed by atoms with Crippen LogP contribution >= 0.6 is 11.3 Å². The van der Waals surface area contributed by atoms with Crippen molar-refractivity contribution < 1.29 is 0 Å². The van der Waals surface area contributed by atoms with Crippen LogP contribution in [0.4, 0.5) is 0 Å². The van der Waals surface area contributed by atoms with Crippen LogP contribution in [0.25, 0.3) is 0 Å². The first-order valence-electron chi connectivity index (χ1n) is 6.56. The van der Waals surface area contributed by atoms with Gasteiger partial charge in [0.25, 0.3) is 0 Å². The molecule has 17 heavy (non-hydrogen) atoms. The highest BCUT2D eigenvalue weighted by Crippen LogP contribution is 2.29. The second-order valence-electron chi connectivity index (χ2n) is 5.41. The molecule has 2 atom stereocenters. The lowest BCUT2D eigenvalue weighted by molar-refractivity contribution is 0.163. The van der Waals surface area contributed by atoms with Crippen LogP contribution in [0.15, 0.2) is 10.9 Å². The summed E-state index contributed by atoms with van der Waals surface area (Å²) < 4.78 is 0. The van der Waals surface area contributed by atoms with E-state index >= 15 is 0 Å². The Bertz CT molecular complexity index is 323. The van der Waals surface area contributed by atoms with Gasteiger partial charge in [0, 0.05) is 18.0 Å². The van der Waals surface area contributed by atoms with Gasteiger partial charge in [0.05, 0.1) is 17.2 Å². The highest BCUT2D eigenvalue weighted by Gasteiger charge is 2.30. The number of nitrogens with zero attached hydrogens (tertiary/aromatic N) is 2. The van der Waals surface area contributed by atoms with Crippen LogP contribution in [0.1, 0.15) is 44.8 Å². The SMILES string of the molecule is CC(C)CN1CCCCC(N)C1c1cscn1. The second-order valence-corrected chi connectivity index (χ2v) is 6.13. The van der Waals surface area contributed by atoms with Crippen molar-refractivity contribution in [2.24, 2.45) is 11.7 Å². The van der Waals surface area contributed by atoms with Gasteiger partial charge in [-0.3, -0.25) is 4.90 Å². The quantitative estimate of drug-likeness (QED) is 0.900. The van der Waals surface area contributed by atoms with Crippen molar-refractivity contribution in [1.82, 2.24) is 9.88 Å². The van der Waals surface area contributed by atoms with Crippen molar-refractivity contribution in [2.75, 3.05) is 13.1 Å². The van der Waals surface area contributed by atoms with Gasteiger partial charge in [0.1, 0.15) is 0 Å². The van der Waals surface area contributed by atoms with Gasteiger partial charge in [-0.2, -0.15) is 0 Å². The summed E-state index contributed by atoms with van der Waals surface area (Å²) in [6, 6.07) is 0.560. The molecule has 1 fully saturated rings. The van der Waals surface area contributed by atoms with Gasteiger partial charge in [-0.15, -0.1) is 11.3 Å². The molecular weight excluding hydrogens is 230 g/mol. The predicted octanol–water partition coefficient (Wildman–Crippen LogP) is 2.65. The van der Waals surface area contributed by atoms with Crippen LogP contribution in [0.2, 0.25) is 0 Å². The molecule has 2 heterocycles. The van der Waals surface area contributed by atoms with Crippen LogP contribution in [0, 0.1) is 5.92 Å². The maximum Gasteiger partial charge on any atom is 0.0795 e. The molecule has 0 amide bonds. The summed E-state index contributed by atoms with van der Waals surface area (Å²) in [5, 5.41) is 2.16. The monoisotopic (exact) mass is 253 g/mol. The molecular formula is C13H23N3S. The molecule has 3 nitrogen and oxygen atoms in total. The van der Waals surface area contributed by atoms with Crippen molar-refractivity contribution in [3.63, 3.8) is 0 Å². The number of hydrogen-bond donors (Lipinski definition) is 1. The first-order valence-corrected chi connectivity index (χ1v) is 7.50. The van der Waals surface area contributed by atoms with E-state index in [-0.39, 0.29) is 6.04 Å². The average molecular weight is 253 g/mol. The van der Waals surface area contributed by atoms with Crippen molar-refractivity contribution in [1.29, 1.82) is 0 Å². The molecule has 0 aromatic carbocycles. The first-order chi connectivity index (χ1) is 8.18. The van der Waals surface area contributed by atoms with E-state index in [0.29, 0.717) is 12.0 Å². The van der Waals surface area contributed by atoms with Crippen molar-refractivity contribution in [2.45, 2.75) is 45.2 Å². The number of rotatable bonds is 3. The van der Waals surface area contributed by atoms with Crippen LogP contribution in [0.5, 0.6) is 0 Å². The van der Waals surface area contributed by atoms with E-state index in [1.165, 1.54) is 18.5 Å². The summed E-state index contributed by atoms with van der Waals surface area (Å²) >= 11 is 1.67. The second kappa shape index (κ2) is 5.94. The fraction of sp³-hybridized carbons (Fsp3) is 0.769. The van der Waals surface area contributed by atoms with Gasteiger partial charge >= 0.3 is 0 Å². The molecule has 2 rings (SSSR count). The zero-order chi connectivity index (χ0) is 12.3. The van der Waals surface area contributed by atoms with Gasteiger partial charge in [0.15, 0.2) is 0 Å². The van der Waals surface area contributed by atoms with E-state index in [2.05, 4.69) is 29.1 Å². The lowest BCUT2D eigenvalue weighted by Crippen LogP contribution is -2.41. The van der Waals surface area contributed by atoms with Crippen LogP contribution in [-0.4, -0.2) is 29.0 Å². The minimum Gasteiger partial charge on any atom is -0.326 e. The molecule has 2 N–H and O–H groups in total. The Labute approximate surface area is 108 Å². The smallest absolute Gasteiger partial charge is 0.0795 e. The summed E-state index contributed by atoms with van der Waals surface area (Å²) in [7, 11) is 0. The Balaban J connectivity index is 2.19.